The summed E-state index contributed by atoms with van der Waals surface area (Å²) in [5.41, 5.74) is 8.13. The summed E-state index contributed by atoms with van der Waals surface area (Å²) in [6.45, 7) is 6.34. The Hall–Kier alpha value is -4.25. The zero-order valence-corrected chi connectivity index (χ0v) is 23.0. The van der Waals surface area contributed by atoms with E-state index in [-0.39, 0.29) is 17.9 Å². The number of imidazole rings is 1. The number of nitrogens with one attached hydrogen (secondary N) is 1. The molecule has 0 aliphatic heterocycles. The van der Waals surface area contributed by atoms with Crippen LogP contribution in [0.25, 0.3) is 11.0 Å². The van der Waals surface area contributed by atoms with Gasteiger partial charge in [0.1, 0.15) is 5.78 Å². The van der Waals surface area contributed by atoms with Crippen molar-refractivity contribution in [1.82, 2.24) is 14.1 Å². The van der Waals surface area contributed by atoms with E-state index >= 15 is 0 Å². The molecule has 2 atom stereocenters. The van der Waals surface area contributed by atoms with E-state index in [1.165, 1.54) is 22.3 Å². The largest absolute Gasteiger partial charge is 0.307 e. The van der Waals surface area contributed by atoms with E-state index in [1.807, 2.05) is 30.3 Å². The summed E-state index contributed by atoms with van der Waals surface area (Å²) < 4.78 is 4.27. The summed E-state index contributed by atoms with van der Waals surface area (Å²) in [7, 11) is 0. The lowest BCUT2D eigenvalue weighted by Gasteiger charge is -2.21. The second kappa shape index (κ2) is 11.6. The van der Waals surface area contributed by atoms with E-state index < -0.39 is 0 Å². The van der Waals surface area contributed by atoms with Gasteiger partial charge in [0, 0.05) is 30.8 Å². The maximum atomic E-state index is 13.0. The molecular weight excluding hydrogens is 480 g/mol. The summed E-state index contributed by atoms with van der Waals surface area (Å²) in [6, 6.07) is 31.1. The van der Waals surface area contributed by atoms with Gasteiger partial charge in [0.15, 0.2) is 0 Å². The van der Waals surface area contributed by atoms with E-state index in [0.717, 1.165) is 23.1 Å². The maximum absolute atomic E-state index is 13.0. The zero-order chi connectivity index (χ0) is 27.4. The molecule has 0 radical (unpaired) electrons. The third-order valence-electron chi connectivity index (χ3n) is 7.62. The predicted octanol–water partition coefficient (Wildman–Crippen LogP) is 6.92. The SMILES string of the molecule is Cc1ccc(CC(CCC(=O)Cc2ccccn2)n2c(=N)n(C(C)c3ccc(C)cc3)c3ccccc32)cc1. The summed E-state index contributed by atoms with van der Waals surface area (Å²) in [6.07, 6.45) is 3.91. The molecule has 5 aromatic rings. The fraction of sp³-hybridized carbons (Fsp3) is 0.265. The number of hydrogen-bond donors (Lipinski definition) is 1. The topological polar surface area (TPSA) is 63.7 Å². The number of nitrogens with zero attached hydrogens (tertiary/aromatic N) is 3. The highest BCUT2D eigenvalue weighted by Crippen LogP contribution is 2.28. The van der Waals surface area contributed by atoms with Crippen molar-refractivity contribution >= 4 is 16.8 Å². The van der Waals surface area contributed by atoms with Crippen LogP contribution in [0.15, 0.2) is 97.2 Å². The van der Waals surface area contributed by atoms with Gasteiger partial charge in [0.25, 0.3) is 0 Å². The Balaban J connectivity index is 1.53. The number of Topliss-reactive ketones (excluding diaryl/α,β-unsaturated/α-hetero) is 1. The summed E-state index contributed by atoms with van der Waals surface area (Å²) in [5.74, 6) is 0.173. The molecule has 198 valence electrons. The summed E-state index contributed by atoms with van der Waals surface area (Å²) in [5, 5.41) is 9.42. The van der Waals surface area contributed by atoms with Gasteiger partial charge in [0.2, 0.25) is 5.62 Å². The average molecular weight is 517 g/mol. The maximum Gasteiger partial charge on any atom is 0.203 e. The van der Waals surface area contributed by atoms with Gasteiger partial charge in [-0.1, -0.05) is 77.9 Å². The lowest BCUT2D eigenvalue weighted by atomic mass is 9.98. The van der Waals surface area contributed by atoms with Gasteiger partial charge in [-0.05, 0) is 69.0 Å². The molecule has 39 heavy (non-hydrogen) atoms. The number of ketones is 1. The third-order valence-corrected chi connectivity index (χ3v) is 7.62. The van der Waals surface area contributed by atoms with Gasteiger partial charge >= 0.3 is 0 Å². The first kappa shape index (κ1) is 26.4. The number of fused-ring (bicyclic) bond motifs is 1. The number of carbonyl (C=O) groups excluding carboxylic acids is 1. The van der Waals surface area contributed by atoms with Crippen LogP contribution in [-0.4, -0.2) is 19.9 Å². The molecule has 0 spiro atoms. The monoisotopic (exact) mass is 516 g/mol. The number of carbonyl (C=O) groups is 1. The molecular formula is C34H36N4O. The van der Waals surface area contributed by atoms with Crippen molar-refractivity contribution in [1.29, 1.82) is 5.41 Å². The quantitative estimate of drug-likeness (QED) is 0.219. The second-order valence-electron chi connectivity index (χ2n) is 10.6. The third kappa shape index (κ3) is 5.93. The molecule has 0 bridgehead atoms. The Morgan fingerprint density at radius 1 is 0.821 bits per heavy atom. The second-order valence-corrected chi connectivity index (χ2v) is 10.6. The van der Waals surface area contributed by atoms with Gasteiger partial charge in [0.05, 0.1) is 17.1 Å². The van der Waals surface area contributed by atoms with E-state index in [1.54, 1.807) is 6.20 Å². The molecule has 0 aliphatic rings. The van der Waals surface area contributed by atoms with Crippen molar-refractivity contribution in [2.45, 2.75) is 58.5 Å². The number of rotatable bonds is 10. The van der Waals surface area contributed by atoms with E-state index in [9.17, 15) is 10.2 Å². The minimum absolute atomic E-state index is 0.00457. The number of hydrogen-bond acceptors (Lipinski definition) is 3. The molecule has 0 amide bonds. The predicted molar refractivity (Wildman–Crippen MR) is 157 cm³/mol. The molecule has 2 aromatic heterocycles. The number of pyridine rings is 1. The molecule has 0 fully saturated rings. The van der Waals surface area contributed by atoms with Crippen LogP contribution in [0.5, 0.6) is 0 Å². The number of para-hydroxylation sites is 2. The highest BCUT2D eigenvalue weighted by molar-refractivity contribution is 5.80. The lowest BCUT2D eigenvalue weighted by Crippen LogP contribution is -2.31. The number of benzene rings is 3. The Kier molecular flexibility index (Phi) is 7.87. The molecule has 5 nitrogen and oxygen atoms in total. The van der Waals surface area contributed by atoms with Gasteiger partial charge in [-0.3, -0.25) is 15.2 Å². The van der Waals surface area contributed by atoms with E-state index in [0.29, 0.717) is 24.9 Å². The van der Waals surface area contributed by atoms with Crippen molar-refractivity contribution in [2.75, 3.05) is 0 Å². The normalized spacial score (nSPS) is 12.9. The first-order valence-corrected chi connectivity index (χ1v) is 13.7. The average Bonchev–Trinajstić information content (AvgIpc) is 3.24. The van der Waals surface area contributed by atoms with Gasteiger partial charge in [-0.2, -0.15) is 0 Å². The summed E-state index contributed by atoms with van der Waals surface area (Å²) in [4.78, 5) is 17.4. The molecule has 0 saturated heterocycles. The van der Waals surface area contributed by atoms with Crippen molar-refractivity contribution in [3.05, 3.63) is 131 Å². The summed E-state index contributed by atoms with van der Waals surface area (Å²) >= 11 is 0. The van der Waals surface area contributed by atoms with Gasteiger partial charge in [-0.25, -0.2) is 0 Å². The number of aryl methyl sites for hydroxylation is 2. The van der Waals surface area contributed by atoms with Crippen LogP contribution < -0.4 is 5.62 Å². The van der Waals surface area contributed by atoms with Crippen LogP contribution in [-0.2, 0) is 17.6 Å². The first-order valence-electron chi connectivity index (χ1n) is 13.7. The minimum atomic E-state index is -0.0377. The van der Waals surface area contributed by atoms with Crippen molar-refractivity contribution < 1.29 is 4.79 Å². The van der Waals surface area contributed by atoms with E-state index in [2.05, 4.69) is 95.6 Å². The molecule has 2 unspecified atom stereocenters. The molecule has 5 heteroatoms. The van der Waals surface area contributed by atoms with Crippen LogP contribution in [0.3, 0.4) is 0 Å². The van der Waals surface area contributed by atoms with Crippen LogP contribution in [0, 0.1) is 19.3 Å². The highest BCUT2D eigenvalue weighted by Gasteiger charge is 2.23. The Bertz CT molecular complexity index is 1610. The van der Waals surface area contributed by atoms with Crippen LogP contribution in [0.1, 0.15) is 59.8 Å². The van der Waals surface area contributed by atoms with Gasteiger partial charge in [-0.15, -0.1) is 0 Å². The van der Waals surface area contributed by atoms with Crippen LogP contribution >= 0.6 is 0 Å². The standard InChI is InChI=1S/C34H36N4O/c1-24-11-15-27(16-12-24)22-30(19-20-31(39)23-29-8-6-7-21-36-29)38-33-10-5-4-9-32(33)37(34(38)35)26(3)28-17-13-25(2)14-18-28/h4-18,21,26,30,35H,19-20,22-23H2,1-3H3. The Morgan fingerprint density at radius 2 is 1.44 bits per heavy atom. The fourth-order valence-electron chi connectivity index (χ4n) is 5.41. The number of aromatic nitrogens is 3. The fourth-order valence-corrected chi connectivity index (χ4v) is 5.41. The zero-order valence-electron chi connectivity index (χ0n) is 23.0. The smallest absolute Gasteiger partial charge is 0.203 e. The first-order chi connectivity index (χ1) is 18.9. The molecule has 3 aromatic carbocycles. The van der Waals surface area contributed by atoms with Crippen molar-refractivity contribution in [3.8, 4) is 0 Å². The highest BCUT2D eigenvalue weighted by atomic mass is 16.1. The minimum Gasteiger partial charge on any atom is -0.307 e. The van der Waals surface area contributed by atoms with Gasteiger partial charge < -0.3 is 9.13 Å². The van der Waals surface area contributed by atoms with Crippen molar-refractivity contribution in [2.24, 2.45) is 0 Å². The van der Waals surface area contributed by atoms with E-state index in [4.69, 9.17) is 0 Å². The van der Waals surface area contributed by atoms with Crippen molar-refractivity contribution in [3.63, 3.8) is 0 Å². The molecule has 0 aliphatic carbocycles. The van der Waals surface area contributed by atoms with Crippen LogP contribution in [0.4, 0.5) is 0 Å². The molecule has 5 rings (SSSR count). The molecule has 0 saturated carbocycles. The lowest BCUT2D eigenvalue weighted by molar-refractivity contribution is -0.118. The molecule has 2 heterocycles. The Labute approximate surface area is 230 Å². The Morgan fingerprint density at radius 3 is 2.08 bits per heavy atom. The molecule has 1 N–H and O–H groups in total. The van der Waals surface area contributed by atoms with Crippen LogP contribution in [0.2, 0.25) is 0 Å².